The molecule has 11 heavy (non-hydrogen) atoms. The Bertz CT molecular complexity index is 191. The van der Waals surface area contributed by atoms with Crippen molar-refractivity contribution in [3.05, 3.63) is 0 Å². The third-order valence-corrected chi connectivity index (χ3v) is 1.91. The summed E-state index contributed by atoms with van der Waals surface area (Å²) in [7, 11) is 1.52. The van der Waals surface area contributed by atoms with Crippen LogP contribution in [-0.2, 0) is 9.59 Å². The van der Waals surface area contributed by atoms with Crippen molar-refractivity contribution in [1.82, 2.24) is 10.2 Å². The Morgan fingerprint density at radius 3 is 2.82 bits per heavy atom. The molecule has 0 aromatic carbocycles. The zero-order valence-electron chi connectivity index (χ0n) is 6.76. The largest absolute Gasteiger partial charge is 0.297 e. The minimum atomic E-state index is -0.169. The molecule has 0 aromatic rings. The maximum absolute atomic E-state index is 11.2. The molecule has 4 heteroatoms. The molecule has 0 spiro atoms. The number of hydrogen-bond donors (Lipinski definition) is 1. The van der Waals surface area contributed by atoms with Crippen molar-refractivity contribution in [3.8, 4) is 0 Å². The van der Waals surface area contributed by atoms with E-state index in [1.54, 1.807) is 0 Å². The molecular weight excluding hydrogens is 144 g/mol. The van der Waals surface area contributed by atoms with Crippen LogP contribution in [-0.4, -0.2) is 36.3 Å². The summed E-state index contributed by atoms with van der Waals surface area (Å²) >= 11 is 0. The predicted molar refractivity (Wildman–Crippen MR) is 39.9 cm³/mol. The number of piperazine rings is 1. The van der Waals surface area contributed by atoms with Gasteiger partial charge in [-0.2, -0.15) is 0 Å². The smallest absolute Gasteiger partial charge is 0.246 e. The van der Waals surface area contributed by atoms with Crippen molar-refractivity contribution >= 4 is 11.8 Å². The standard InChI is InChI=1S/C7H12N2O2/c1-3-5-7(11)9(2)6(10)4-8-5/h5,8H,3-4H2,1-2H3. The number of likely N-dealkylation sites (N-methyl/N-ethyl adjacent to an activating group) is 1. The van der Waals surface area contributed by atoms with E-state index in [0.717, 1.165) is 6.42 Å². The topological polar surface area (TPSA) is 49.4 Å². The van der Waals surface area contributed by atoms with Gasteiger partial charge in [0.15, 0.2) is 0 Å². The SMILES string of the molecule is CCC1NCC(=O)N(C)C1=O. The van der Waals surface area contributed by atoms with Gasteiger partial charge in [0.25, 0.3) is 0 Å². The summed E-state index contributed by atoms with van der Waals surface area (Å²) in [4.78, 5) is 23.3. The van der Waals surface area contributed by atoms with E-state index in [1.807, 2.05) is 6.92 Å². The van der Waals surface area contributed by atoms with Crippen LogP contribution in [0.25, 0.3) is 0 Å². The maximum Gasteiger partial charge on any atom is 0.246 e. The second kappa shape index (κ2) is 3.00. The Kier molecular flexibility index (Phi) is 2.24. The zero-order chi connectivity index (χ0) is 8.43. The average molecular weight is 156 g/mol. The van der Waals surface area contributed by atoms with Crippen LogP contribution in [0.15, 0.2) is 0 Å². The van der Waals surface area contributed by atoms with Gasteiger partial charge in [0, 0.05) is 7.05 Å². The molecule has 1 heterocycles. The fraction of sp³-hybridized carbons (Fsp3) is 0.714. The number of hydrogen-bond acceptors (Lipinski definition) is 3. The monoisotopic (exact) mass is 156 g/mol. The molecule has 1 unspecified atom stereocenters. The highest BCUT2D eigenvalue weighted by Gasteiger charge is 2.29. The average Bonchev–Trinajstić information content (AvgIpc) is 2.01. The molecule has 1 N–H and O–H groups in total. The lowest BCUT2D eigenvalue weighted by Crippen LogP contribution is -2.56. The number of amides is 2. The maximum atomic E-state index is 11.2. The first-order valence-corrected chi connectivity index (χ1v) is 3.70. The van der Waals surface area contributed by atoms with Gasteiger partial charge in [0.1, 0.15) is 0 Å². The molecule has 0 aliphatic carbocycles. The molecule has 1 saturated heterocycles. The molecule has 0 radical (unpaired) electrons. The Labute approximate surface area is 65.6 Å². The van der Waals surface area contributed by atoms with Crippen LogP contribution < -0.4 is 5.32 Å². The lowest BCUT2D eigenvalue weighted by molar-refractivity contribution is -0.147. The fourth-order valence-corrected chi connectivity index (χ4v) is 1.09. The van der Waals surface area contributed by atoms with Crippen molar-refractivity contribution < 1.29 is 9.59 Å². The van der Waals surface area contributed by atoms with E-state index >= 15 is 0 Å². The summed E-state index contributed by atoms with van der Waals surface area (Å²) in [6.07, 6.45) is 0.733. The summed E-state index contributed by atoms with van der Waals surface area (Å²) in [5.74, 6) is -0.275. The van der Waals surface area contributed by atoms with Crippen LogP contribution in [0.3, 0.4) is 0 Å². The van der Waals surface area contributed by atoms with Gasteiger partial charge < -0.3 is 0 Å². The van der Waals surface area contributed by atoms with E-state index in [0.29, 0.717) is 0 Å². The second-order valence-corrected chi connectivity index (χ2v) is 2.63. The minimum Gasteiger partial charge on any atom is -0.297 e. The number of rotatable bonds is 1. The number of nitrogens with zero attached hydrogens (tertiary/aromatic N) is 1. The quantitative estimate of drug-likeness (QED) is 0.513. The number of carbonyl (C=O) groups excluding carboxylic acids is 2. The van der Waals surface area contributed by atoms with Gasteiger partial charge >= 0.3 is 0 Å². The molecule has 0 aromatic heterocycles. The first-order valence-electron chi connectivity index (χ1n) is 3.70. The van der Waals surface area contributed by atoms with Gasteiger partial charge in [0.2, 0.25) is 11.8 Å². The predicted octanol–water partition coefficient (Wildman–Crippen LogP) is -0.647. The zero-order valence-corrected chi connectivity index (χ0v) is 6.76. The van der Waals surface area contributed by atoms with Crippen LogP contribution in [0.5, 0.6) is 0 Å². The van der Waals surface area contributed by atoms with Crippen molar-refractivity contribution in [3.63, 3.8) is 0 Å². The highest BCUT2D eigenvalue weighted by Crippen LogP contribution is 2.02. The van der Waals surface area contributed by atoms with Crippen LogP contribution in [0.4, 0.5) is 0 Å². The third-order valence-electron chi connectivity index (χ3n) is 1.91. The third kappa shape index (κ3) is 1.40. The van der Waals surface area contributed by atoms with Gasteiger partial charge in [-0.3, -0.25) is 19.8 Å². The summed E-state index contributed by atoms with van der Waals surface area (Å²) in [6, 6.07) is -0.169. The van der Waals surface area contributed by atoms with Gasteiger partial charge in [-0.1, -0.05) is 6.92 Å². The van der Waals surface area contributed by atoms with Crippen molar-refractivity contribution in [2.45, 2.75) is 19.4 Å². The van der Waals surface area contributed by atoms with E-state index in [4.69, 9.17) is 0 Å². The Balaban J connectivity index is 2.67. The van der Waals surface area contributed by atoms with Crippen LogP contribution in [0.2, 0.25) is 0 Å². The lowest BCUT2D eigenvalue weighted by Gasteiger charge is -2.27. The highest BCUT2D eigenvalue weighted by molar-refractivity contribution is 6.00. The van der Waals surface area contributed by atoms with Gasteiger partial charge in [0.05, 0.1) is 12.6 Å². The molecule has 62 valence electrons. The number of imide groups is 1. The lowest BCUT2D eigenvalue weighted by atomic mass is 10.1. The normalized spacial score (nSPS) is 26.0. The molecular formula is C7H12N2O2. The molecule has 1 rings (SSSR count). The van der Waals surface area contributed by atoms with Crippen LogP contribution in [0.1, 0.15) is 13.3 Å². The van der Waals surface area contributed by atoms with Gasteiger partial charge in [-0.15, -0.1) is 0 Å². The van der Waals surface area contributed by atoms with Crippen molar-refractivity contribution in [1.29, 1.82) is 0 Å². The van der Waals surface area contributed by atoms with E-state index in [-0.39, 0.29) is 24.4 Å². The van der Waals surface area contributed by atoms with Gasteiger partial charge in [-0.05, 0) is 6.42 Å². The van der Waals surface area contributed by atoms with E-state index in [2.05, 4.69) is 5.32 Å². The number of carbonyl (C=O) groups is 2. The van der Waals surface area contributed by atoms with E-state index in [1.165, 1.54) is 11.9 Å². The molecule has 2 amide bonds. The molecule has 1 fully saturated rings. The molecule has 1 atom stereocenters. The molecule has 1 aliphatic heterocycles. The van der Waals surface area contributed by atoms with E-state index < -0.39 is 0 Å². The first-order chi connectivity index (χ1) is 5.16. The van der Waals surface area contributed by atoms with Crippen molar-refractivity contribution in [2.24, 2.45) is 0 Å². The van der Waals surface area contributed by atoms with Crippen LogP contribution in [0, 0.1) is 0 Å². The molecule has 0 bridgehead atoms. The minimum absolute atomic E-state index is 0.122. The Hall–Kier alpha value is -0.900. The van der Waals surface area contributed by atoms with Gasteiger partial charge in [-0.25, -0.2) is 0 Å². The van der Waals surface area contributed by atoms with Crippen LogP contribution >= 0.6 is 0 Å². The number of nitrogens with one attached hydrogen (secondary N) is 1. The summed E-state index contributed by atoms with van der Waals surface area (Å²) < 4.78 is 0. The Morgan fingerprint density at radius 2 is 2.27 bits per heavy atom. The molecule has 0 saturated carbocycles. The Morgan fingerprint density at radius 1 is 1.64 bits per heavy atom. The van der Waals surface area contributed by atoms with Crippen molar-refractivity contribution in [2.75, 3.05) is 13.6 Å². The summed E-state index contributed by atoms with van der Waals surface area (Å²) in [5.41, 5.74) is 0. The molecule has 4 nitrogen and oxygen atoms in total. The summed E-state index contributed by atoms with van der Waals surface area (Å²) in [5, 5.41) is 2.86. The second-order valence-electron chi connectivity index (χ2n) is 2.63. The first kappa shape index (κ1) is 8.20. The summed E-state index contributed by atoms with van der Waals surface area (Å²) in [6.45, 7) is 2.19. The van der Waals surface area contributed by atoms with E-state index in [9.17, 15) is 9.59 Å². The fourth-order valence-electron chi connectivity index (χ4n) is 1.09. The highest BCUT2D eigenvalue weighted by atomic mass is 16.2. The molecule has 1 aliphatic rings.